The van der Waals surface area contributed by atoms with Crippen LogP contribution in [0.15, 0.2) is 36.0 Å². The van der Waals surface area contributed by atoms with E-state index in [0.29, 0.717) is 17.4 Å². The predicted molar refractivity (Wildman–Crippen MR) is 273 cm³/mol. The number of fused-ring (bicyclic) bond motifs is 5. The predicted octanol–water partition coefficient (Wildman–Crippen LogP) is 15.8. The summed E-state index contributed by atoms with van der Waals surface area (Å²) in [5.74, 6) is 6.44. The van der Waals surface area contributed by atoms with Gasteiger partial charge in [0.25, 0.3) is 0 Å². The molecule has 2 unspecified atom stereocenters. The van der Waals surface area contributed by atoms with Crippen molar-refractivity contribution in [3.05, 3.63) is 36.0 Å². The highest BCUT2D eigenvalue weighted by Gasteiger charge is 2.59. The van der Waals surface area contributed by atoms with Gasteiger partial charge in [0.05, 0.1) is 25.9 Å². The van der Waals surface area contributed by atoms with Crippen LogP contribution in [0, 0.1) is 52.3 Å². The van der Waals surface area contributed by atoms with E-state index in [9.17, 15) is 0 Å². The molecule has 0 spiro atoms. The van der Waals surface area contributed by atoms with Gasteiger partial charge in [0.2, 0.25) is 0 Å². The number of allylic oxidation sites excluding steroid dienone is 6. The monoisotopic (exact) mass is 892 g/mol. The van der Waals surface area contributed by atoms with Gasteiger partial charge < -0.3 is 18.9 Å². The van der Waals surface area contributed by atoms with Crippen molar-refractivity contribution in [1.82, 2.24) is 4.90 Å². The Balaban J connectivity index is 0.884. The minimum absolute atomic E-state index is 0.122. The van der Waals surface area contributed by atoms with Crippen LogP contribution in [-0.2, 0) is 18.9 Å². The molecule has 9 atom stereocenters. The van der Waals surface area contributed by atoms with E-state index in [0.717, 1.165) is 120 Å². The zero-order chi connectivity index (χ0) is 45.3. The molecule has 4 aliphatic carbocycles. The summed E-state index contributed by atoms with van der Waals surface area (Å²) < 4.78 is 24.4. The minimum atomic E-state index is 0.122. The number of hydrogen-bond acceptors (Lipinski definition) is 5. The molecule has 0 aromatic heterocycles. The molecule has 0 amide bonds. The van der Waals surface area contributed by atoms with Crippen molar-refractivity contribution < 1.29 is 18.9 Å². The highest BCUT2D eigenvalue weighted by Crippen LogP contribution is 2.67. The Kier molecular flexibility index (Phi) is 25.7. The normalized spacial score (nSPS) is 29.6. The van der Waals surface area contributed by atoms with Crippen LogP contribution in [-0.4, -0.2) is 76.9 Å². The van der Waals surface area contributed by atoms with E-state index in [4.69, 9.17) is 18.9 Å². The third-order valence-electron chi connectivity index (χ3n) is 17.7. The molecule has 0 aromatic rings. The van der Waals surface area contributed by atoms with Gasteiger partial charge in [0, 0.05) is 46.1 Å². The molecular weight excluding hydrogens is 787 g/mol. The summed E-state index contributed by atoms with van der Waals surface area (Å²) >= 11 is 0. The lowest BCUT2D eigenvalue weighted by atomic mass is 9.46. The maximum atomic E-state index is 6.43. The van der Waals surface area contributed by atoms with Crippen molar-refractivity contribution in [2.24, 2.45) is 52.3 Å². The molecule has 0 radical (unpaired) electrons. The smallest absolute Gasteiger partial charge is 0.0934 e. The first-order valence-electron chi connectivity index (χ1n) is 28.3. The minimum Gasteiger partial charge on any atom is -0.381 e. The Bertz CT molecular complexity index is 1300. The lowest BCUT2D eigenvalue weighted by molar-refractivity contribution is -0.0533. The molecule has 0 bridgehead atoms. The van der Waals surface area contributed by atoms with Gasteiger partial charge in [0.1, 0.15) is 0 Å². The lowest BCUT2D eigenvalue weighted by Gasteiger charge is -2.58. The van der Waals surface area contributed by atoms with Crippen molar-refractivity contribution >= 4 is 0 Å². The number of ether oxygens (including phenoxy) is 4. The van der Waals surface area contributed by atoms with Crippen molar-refractivity contribution in [1.29, 1.82) is 0 Å². The second-order valence-electron chi connectivity index (χ2n) is 22.9. The third-order valence-corrected chi connectivity index (χ3v) is 17.7. The van der Waals surface area contributed by atoms with Gasteiger partial charge in [-0.05, 0) is 155 Å². The molecular formula is C59H105NO4. The average molecular weight is 892 g/mol. The van der Waals surface area contributed by atoms with Gasteiger partial charge in [0.15, 0.2) is 0 Å². The fourth-order valence-electron chi connectivity index (χ4n) is 13.8. The van der Waals surface area contributed by atoms with E-state index < -0.39 is 0 Å². The summed E-state index contributed by atoms with van der Waals surface area (Å²) in [4.78, 5) is 2.48. The highest BCUT2D eigenvalue weighted by molar-refractivity contribution is 5.25. The number of morpholine rings is 1. The average Bonchev–Trinajstić information content (AvgIpc) is 3.65. The molecule has 3 saturated carbocycles. The summed E-state index contributed by atoms with van der Waals surface area (Å²) in [6.07, 6.45) is 48.4. The molecule has 0 N–H and O–H groups in total. The van der Waals surface area contributed by atoms with Crippen LogP contribution in [0.2, 0.25) is 0 Å². The van der Waals surface area contributed by atoms with Gasteiger partial charge in [-0.15, -0.1) is 0 Å². The molecule has 64 heavy (non-hydrogen) atoms. The van der Waals surface area contributed by atoms with Crippen molar-refractivity contribution in [3.63, 3.8) is 0 Å². The first-order valence-corrected chi connectivity index (χ1v) is 28.3. The molecule has 5 nitrogen and oxygen atoms in total. The lowest BCUT2D eigenvalue weighted by Crippen LogP contribution is -2.50. The second kappa shape index (κ2) is 30.5. The summed E-state index contributed by atoms with van der Waals surface area (Å²) in [6, 6.07) is 0. The molecule has 5 aliphatic rings. The Morgan fingerprint density at radius 3 is 2.22 bits per heavy atom. The molecule has 1 heterocycles. The van der Waals surface area contributed by atoms with Crippen LogP contribution in [0.1, 0.15) is 215 Å². The van der Waals surface area contributed by atoms with E-state index in [1.807, 2.05) is 5.57 Å². The quantitative estimate of drug-likeness (QED) is 0.0475. The van der Waals surface area contributed by atoms with Crippen LogP contribution < -0.4 is 0 Å². The first kappa shape index (κ1) is 54.0. The van der Waals surface area contributed by atoms with Crippen LogP contribution >= 0.6 is 0 Å². The van der Waals surface area contributed by atoms with Crippen molar-refractivity contribution in [2.45, 2.75) is 221 Å². The summed E-state index contributed by atoms with van der Waals surface area (Å²) in [7, 11) is 0. The van der Waals surface area contributed by atoms with Crippen LogP contribution in [0.25, 0.3) is 0 Å². The topological polar surface area (TPSA) is 40.2 Å². The van der Waals surface area contributed by atoms with Gasteiger partial charge in [-0.25, -0.2) is 0 Å². The third kappa shape index (κ3) is 17.8. The fraction of sp³-hybridized carbons (Fsp3) is 0.898. The fourth-order valence-corrected chi connectivity index (χ4v) is 13.8. The summed E-state index contributed by atoms with van der Waals surface area (Å²) in [5, 5.41) is 0. The zero-order valence-corrected chi connectivity index (χ0v) is 43.2. The molecule has 4 fully saturated rings. The van der Waals surface area contributed by atoms with E-state index >= 15 is 0 Å². The molecule has 5 rings (SSSR count). The number of unbranched alkanes of at least 4 members (excludes halogenated alkanes) is 10. The van der Waals surface area contributed by atoms with Gasteiger partial charge >= 0.3 is 0 Å². The first-order chi connectivity index (χ1) is 31.2. The largest absolute Gasteiger partial charge is 0.381 e. The highest BCUT2D eigenvalue weighted by atomic mass is 16.5. The van der Waals surface area contributed by atoms with Crippen LogP contribution in [0.5, 0.6) is 0 Å². The number of nitrogens with zero attached hydrogens (tertiary/aromatic N) is 1. The number of rotatable bonds is 34. The zero-order valence-electron chi connectivity index (χ0n) is 43.2. The standard InChI is InChI=1S/C59H105NO4/c1-7-8-9-10-11-12-13-14-15-16-17-18-19-20-21-23-41-63-48-53(47-60-38-44-62-45-39-60)64-43-26-42-61-40-24-22-29-51-34-36-58(5)52(46-51)30-31-54-56-33-32-55(50(4)28-25-27-49(2)3)59(56,6)37-35-57(54)58/h11-12,14-15,30,49-51,53-57H,7-10,13,16-29,31-48H2,1-6H3/b12-11-,15-14-/t50-,51+,53?,54+,55-,56+,57+,58?,59-/m1/s1. The molecule has 5 heteroatoms. The van der Waals surface area contributed by atoms with E-state index in [-0.39, 0.29) is 6.10 Å². The maximum absolute atomic E-state index is 6.43. The molecule has 0 aromatic carbocycles. The Hall–Kier alpha value is -0.980. The van der Waals surface area contributed by atoms with Crippen LogP contribution in [0.4, 0.5) is 0 Å². The van der Waals surface area contributed by atoms with Crippen molar-refractivity contribution in [3.8, 4) is 0 Å². The van der Waals surface area contributed by atoms with E-state index in [1.54, 1.807) is 0 Å². The van der Waals surface area contributed by atoms with Gasteiger partial charge in [-0.3, -0.25) is 4.90 Å². The second-order valence-corrected chi connectivity index (χ2v) is 22.9. The SMILES string of the molecule is CCCCC/C=C\C/C=C\CCCCCCCCOCC(CN1CCOCC1)OCCCOCCCC[C@H]1CCC2(C)C(=CC[C@@H]3[C@@H]2CC[C@]2(C)[C@@H]([C@H](C)CCCC(C)C)CC[C@@H]32)C1. The summed E-state index contributed by atoms with van der Waals surface area (Å²) in [5.41, 5.74) is 2.94. The Morgan fingerprint density at radius 1 is 0.719 bits per heavy atom. The maximum Gasteiger partial charge on any atom is 0.0934 e. The molecule has 1 saturated heterocycles. The van der Waals surface area contributed by atoms with Crippen LogP contribution in [0.3, 0.4) is 0 Å². The van der Waals surface area contributed by atoms with E-state index in [2.05, 4.69) is 76.8 Å². The Labute approximate surface area is 397 Å². The molecule has 1 aliphatic heterocycles. The van der Waals surface area contributed by atoms with E-state index in [1.165, 1.54) is 154 Å². The van der Waals surface area contributed by atoms with Gasteiger partial charge in [-0.2, -0.15) is 0 Å². The Morgan fingerprint density at radius 2 is 1.44 bits per heavy atom. The van der Waals surface area contributed by atoms with Crippen molar-refractivity contribution in [2.75, 3.05) is 65.9 Å². The summed E-state index contributed by atoms with van der Waals surface area (Å²) in [6.45, 7) is 23.7. The molecule has 370 valence electrons. The number of hydrogen-bond donors (Lipinski definition) is 0. The van der Waals surface area contributed by atoms with Gasteiger partial charge in [-0.1, -0.05) is 148 Å².